The highest BCUT2D eigenvalue weighted by atomic mass is 35.5. The van der Waals surface area contributed by atoms with E-state index < -0.39 is 10.8 Å². The van der Waals surface area contributed by atoms with Gasteiger partial charge in [-0.1, -0.05) is 41.4 Å². The number of aromatic nitrogens is 2. The second-order valence-corrected chi connectivity index (χ2v) is 7.45. The Labute approximate surface area is 188 Å². The molecule has 0 aliphatic carbocycles. The molecule has 8 nitrogen and oxygen atoms in total. The van der Waals surface area contributed by atoms with Crippen LogP contribution in [-0.2, 0) is 0 Å². The zero-order valence-corrected chi connectivity index (χ0v) is 17.6. The quantitative estimate of drug-likeness (QED) is 0.278. The molecule has 3 aromatic carbocycles. The summed E-state index contributed by atoms with van der Waals surface area (Å²) in [5, 5.41) is 21.4. The van der Waals surface area contributed by atoms with E-state index in [1.807, 2.05) is 31.2 Å². The Balaban J connectivity index is 1.55. The zero-order valence-electron chi connectivity index (χ0n) is 16.8. The predicted octanol–water partition coefficient (Wildman–Crippen LogP) is 5.99. The molecule has 32 heavy (non-hydrogen) atoms. The second-order valence-electron chi connectivity index (χ2n) is 7.02. The summed E-state index contributed by atoms with van der Waals surface area (Å²) < 4.78 is 5.69. The molecule has 0 unspecified atom stereocenters. The zero-order chi connectivity index (χ0) is 22.7. The third-order valence-electron chi connectivity index (χ3n) is 4.58. The highest BCUT2D eigenvalue weighted by molar-refractivity contribution is 6.30. The van der Waals surface area contributed by atoms with Crippen LogP contribution in [-0.4, -0.2) is 21.0 Å². The van der Waals surface area contributed by atoms with E-state index in [-0.39, 0.29) is 22.8 Å². The van der Waals surface area contributed by atoms with Crippen molar-refractivity contribution >= 4 is 28.9 Å². The standard InChI is InChI=1S/C23H17ClN4O4/c1-14-2-4-15(5-3-14)21-13-22(27-26-21)23(29)25-17-10-18(28(30)31)12-20(11-17)32-19-8-6-16(24)7-9-19/h2-13H,1H3,(H,25,29)(H,26,27). The number of non-ortho nitro benzene ring substituents is 1. The summed E-state index contributed by atoms with van der Waals surface area (Å²) >= 11 is 5.87. The van der Waals surface area contributed by atoms with E-state index in [0.29, 0.717) is 16.5 Å². The summed E-state index contributed by atoms with van der Waals surface area (Å²) in [5.74, 6) is 0.152. The maximum absolute atomic E-state index is 12.7. The predicted molar refractivity (Wildman–Crippen MR) is 121 cm³/mol. The number of amides is 1. The van der Waals surface area contributed by atoms with Gasteiger partial charge in [0.2, 0.25) is 0 Å². The van der Waals surface area contributed by atoms with Gasteiger partial charge in [-0.05, 0) is 37.3 Å². The third-order valence-corrected chi connectivity index (χ3v) is 4.83. The van der Waals surface area contributed by atoms with Crippen molar-refractivity contribution in [1.82, 2.24) is 10.2 Å². The minimum absolute atomic E-state index is 0.196. The number of anilines is 1. The van der Waals surface area contributed by atoms with E-state index in [1.165, 1.54) is 18.2 Å². The first-order valence-electron chi connectivity index (χ1n) is 9.54. The van der Waals surface area contributed by atoms with Crippen molar-refractivity contribution in [1.29, 1.82) is 0 Å². The summed E-state index contributed by atoms with van der Waals surface area (Å²) in [4.78, 5) is 23.5. The number of carbonyl (C=O) groups excluding carboxylic acids is 1. The number of ether oxygens (including phenoxy) is 1. The molecule has 2 N–H and O–H groups in total. The molecule has 160 valence electrons. The number of nitrogens with zero attached hydrogens (tertiary/aromatic N) is 2. The monoisotopic (exact) mass is 448 g/mol. The SMILES string of the molecule is Cc1ccc(-c2cc(C(=O)Nc3cc(Oc4ccc(Cl)cc4)cc([N+](=O)[O-])c3)[nH]n2)cc1. The Bertz CT molecular complexity index is 1280. The summed E-state index contributed by atoms with van der Waals surface area (Å²) in [5.41, 5.74) is 2.79. The smallest absolute Gasteiger partial charge is 0.275 e. The van der Waals surface area contributed by atoms with Crippen LogP contribution in [0.5, 0.6) is 11.5 Å². The Morgan fingerprint density at radius 1 is 1.03 bits per heavy atom. The molecule has 1 heterocycles. The fourth-order valence-electron chi connectivity index (χ4n) is 2.97. The van der Waals surface area contributed by atoms with Crippen LogP contribution < -0.4 is 10.1 Å². The lowest BCUT2D eigenvalue weighted by Gasteiger charge is -2.09. The molecule has 0 bridgehead atoms. The molecule has 0 aliphatic rings. The number of rotatable bonds is 6. The van der Waals surface area contributed by atoms with Crippen LogP contribution in [0.25, 0.3) is 11.3 Å². The minimum Gasteiger partial charge on any atom is -0.457 e. The molecular formula is C23H17ClN4O4. The van der Waals surface area contributed by atoms with Crippen molar-refractivity contribution in [2.24, 2.45) is 0 Å². The maximum Gasteiger partial charge on any atom is 0.275 e. The molecule has 1 aromatic heterocycles. The fourth-order valence-corrected chi connectivity index (χ4v) is 3.09. The van der Waals surface area contributed by atoms with Gasteiger partial charge in [0.15, 0.2) is 0 Å². The number of carbonyl (C=O) groups is 1. The second kappa shape index (κ2) is 8.91. The molecule has 0 saturated carbocycles. The van der Waals surface area contributed by atoms with Gasteiger partial charge in [0.25, 0.3) is 11.6 Å². The minimum atomic E-state index is -0.559. The largest absolute Gasteiger partial charge is 0.457 e. The number of H-pyrrole nitrogens is 1. The molecule has 4 rings (SSSR count). The molecule has 0 saturated heterocycles. The summed E-state index contributed by atoms with van der Waals surface area (Å²) in [6, 6.07) is 19.9. The lowest BCUT2D eigenvalue weighted by molar-refractivity contribution is -0.384. The van der Waals surface area contributed by atoms with Crippen molar-refractivity contribution in [2.45, 2.75) is 6.92 Å². The summed E-state index contributed by atoms with van der Waals surface area (Å²) in [6.45, 7) is 1.98. The van der Waals surface area contributed by atoms with Crippen LogP contribution in [0.3, 0.4) is 0 Å². The lowest BCUT2D eigenvalue weighted by Crippen LogP contribution is -2.12. The third kappa shape index (κ3) is 4.93. The number of nitro groups is 1. The van der Waals surface area contributed by atoms with E-state index in [9.17, 15) is 14.9 Å². The highest BCUT2D eigenvalue weighted by Crippen LogP contribution is 2.30. The van der Waals surface area contributed by atoms with E-state index in [1.54, 1.807) is 30.3 Å². The topological polar surface area (TPSA) is 110 Å². The van der Waals surface area contributed by atoms with Crippen molar-refractivity contribution in [3.05, 3.63) is 99.2 Å². The van der Waals surface area contributed by atoms with Gasteiger partial charge in [0.05, 0.1) is 22.4 Å². The van der Waals surface area contributed by atoms with Gasteiger partial charge in [-0.2, -0.15) is 5.10 Å². The highest BCUT2D eigenvalue weighted by Gasteiger charge is 2.16. The van der Waals surface area contributed by atoms with Gasteiger partial charge in [-0.3, -0.25) is 20.0 Å². The lowest BCUT2D eigenvalue weighted by atomic mass is 10.1. The van der Waals surface area contributed by atoms with Crippen LogP contribution in [0.4, 0.5) is 11.4 Å². The van der Waals surface area contributed by atoms with Crippen molar-refractivity contribution in [2.75, 3.05) is 5.32 Å². The first kappa shape index (κ1) is 21.1. The first-order chi connectivity index (χ1) is 15.4. The molecule has 1 amide bonds. The van der Waals surface area contributed by atoms with Crippen LogP contribution in [0.2, 0.25) is 5.02 Å². The molecule has 0 spiro atoms. The molecule has 0 atom stereocenters. The number of nitrogens with one attached hydrogen (secondary N) is 2. The van der Waals surface area contributed by atoms with Crippen LogP contribution >= 0.6 is 11.6 Å². The number of aromatic amines is 1. The summed E-state index contributed by atoms with van der Waals surface area (Å²) in [7, 11) is 0. The Kier molecular flexibility index (Phi) is 5.87. The average Bonchev–Trinajstić information content (AvgIpc) is 3.26. The van der Waals surface area contributed by atoms with Crippen molar-refractivity contribution < 1.29 is 14.5 Å². The number of halogens is 1. The van der Waals surface area contributed by atoms with Crippen LogP contribution in [0.1, 0.15) is 16.1 Å². The van der Waals surface area contributed by atoms with E-state index in [4.69, 9.17) is 16.3 Å². The molecule has 0 aliphatic heterocycles. The van der Waals surface area contributed by atoms with Gasteiger partial charge < -0.3 is 10.1 Å². The van der Waals surface area contributed by atoms with Crippen LogP contribution in [0.15, 0.2) is 72.8 Å². The Hall–Kier alpha value is -4.17. The molecule has 9 heteroatoms. The summed E-state index contributed by atoms with van der Waals surface area (Å²) in [6.07, 6.45) is 0. The maximum atomic E-state index is 12.7. The van der Waals surface area contributed by atoms with Crippen LogP contribution in [0, 0.1) is 17.0 Å². The van der Waals surface area contributed by atoms with Gasteiger partial charge in [-0.15, -0.1) is 0 Å². The van der Waals surface area contributed by atoms with Crippen molar-refractivity contribution in [3.63, 3.8) is 0 Å². The van der Waals surface area contributed by atoms with Gasteiger partial charge in [0, 0.05) is 22.7 Å². The van der Waals surface area contributed by atoms with E-state index >= 15 is 0 Å². The number of nitro benzene ring substituents is 1. The first-order valence-corrected chi connectivity index (χ1v) is 9.92. The van der Waals surface area contributed by atoms with Crippen molar-refractivity contribution in [3.8, 4) is 22.8 Å². The number of hydrogen-bond acceptors (Lipinski definition) is 5. The Morgan fingerprint density at radius 3 is 2.44 bits per heavy atom. The van der Waals surface area contributed by atoms with Gasteiger partial charge in [0.1, 0.15) is 17.2 Å². The van der Waals surface area contributed by atoms with Gasteiger partial charge >= 0.3 is 0 Å². The van der Waals surface area contributed by atoms with E-state index in [0.717, 1.165) is 11.1 Å². The molecule has 0 fully saturated rings. The number of benzene rings is 3. The van der Waals surface area contributed by atoms with Gasteiger partial charge in [-0.25, -0.2) is 0 Å². The van der Waals surface area contributed by atoms with E-state index in [2.05, 4.69) is 15.5 Å². The normalized spacial score (nSPS) is 10.6. The number of hydrogen-bond donors (Lipinski definition) is 2. The molecular weight excluding hydrogens is 432 g/mol. The molecule has 0 radical (unpaired) electrons. The Morgan fingerprint density at radius 2 is 1.75 bits per heavy atom. The average molecular weight is 449 g/mol. The molecule has 4 aromatic rings. The fraction of sp³-hybridized carbons (Fsp3) is 0.0435. The number of aryl methyl sites for hydroxylation is 1.